The van der Waals surface area contributed by atoms with E-state index in [1.165, 1.54) is 0 Å². The summed E-state index contributed by atoms with van der Waals surface area (Å²) in [5.74, 6) is -1.97. The van der Waals surface area contributed by atoms with E-state index in [-0.39, 0.29) is 5.56 Å². The Bertz CT molecular complexity index is 412. The average molecular weight is 254 g/mol. The van der Waals surface area contributed by atoms with Crippen LogP contribution in [0.4, 0.5) is 13.2 Å². The molecule has 0 saturated carbocycles. The number of ether oxygens (including phenoxy) is 1. The number of esters is 1. The molecule has 0 bridgehead atoms. The molecule has 1 aromatic heterocycles. The van der Waals surface area contributed by atoms with E-state index in [1.807, 2.05) is 0 Å². The average Bonchev–Trinajstić information content (AvgIpc) is 2.21. The smallest absolute Gasteiger partial charge is 0.310 e. The summed E-state index contributed by atoms with van der Waals surface area (Å²) in [6.07, 6.45) is -2.62. The zero-order chi connectivity index (χ0) is 12.3. The van der Waals surface area contributed by atoms with Crippen LogP contribution in [0.1, 0.15) is 17.6 Å². The Kier molecular flexibility index (Phi) is 4.12. The van der Waals surface area contributed by atoms with Crippen molar-refractivity contribution in [2.45, 2.75) is 12.8 Å². The summed E-state index contributed by atoms with van der Waals surface area (Å²) in [5.41, 5.74) is -1.27. The van der Waals surface area contributed by atoms with E-state index >= 15 is 0 Å². The molecule has 3 nitrogen and oxygen atoms in total. The fourth-order valence-corrected chi connectivity index (χ4v) is 1.28. The van der Waals surface area contributed by atoms with Crippen LogP contribution >= 0.6 is 11.6 Å². The van der Waals surface area contributed by atoms with Crippen LogP contribution in [0.15, 0.2) is 6.20 Å². The molecule has 88 valence electrons. The Hall–Kier alpha value is -1.30. The number of pyridine rings is 1. The molecular formula is C9H7ClF3NO2. The van der Waals surface area contributed by atoms with Crippen molar-refractivity contribution in [2.24, 2.45) is 0 Å². The van der Waals surface area contributed by atoms with Crippen molar-refractivity contribution in [3.05, 3.63) is 28.3 Å². The number of halogens is 4. The zero-order valence-corrected chi connectivity index (χ0v) is 8.89. The Morgan fingerprint density at radius 1 is 1.62 bits per heavy atom. The SMILES string of the molecule is COC(=O)Cc1cnc(Cl)c(C(F)F)c1F. The van der Waals surface area contributed by atoms with Gasteiger partial charge >= 0.3 is 5.97 Å². The number of hydrogen-bond acceptors (Lipinski definition) is 3. The van der Waals surface area contributed by atoms with E-state index in [0.29, 0.717) is 0 Å². The Balaban J connectivity index is 3.13. The van der Waals surface area contributed by atoms with Crippen LogP contribution in [0.2, 0.25) is 5.15 Å². The van der Waals surface area contributed by atoms with Crippen LogP contribution in [0.5, 0.6) is 0 Å². The highest BCUT2D eigenvalue weighted by Gasteiger charge is 2.22. The molecule has 0 amide bonds. The van der Waals surface area contributed by atoms with Gasteiger partial charge < -0.3 is 4.74 Å². The minimum absolute atomic E-state index is 0.272. The van der Waals surface area contributed by atoms with Gasteiger partial charge in [-0.15, -0.1) is 0 Å². The van der Waals surface area contributed by atoms with E-state index in [1.54, 1.807) is 0 Å². The zero-order valence-electron chi connectivity index (χ0n) is 8.14. The molecule has 1 aromatic rings. The normalized spacial score (nSPS) is 10.6. The molecule has 0 unspecified atom stereocenters. The molecule has 0 aliphatic heterocycles. The van der Waals surface area contributed by atoms with E-state index in [9.17, 15) is 18.0 Å². The minimum atomic E-state index is -3.09. The maximum absolute atomic E-state index is 13.5. The van der Waals surface area contributed by atoms with Crippen molar-refractivity contribution in [3.8, 4) is 0 Å². The Morgan fingerprint density at radius 3 is 2.75 bits per heavy atom. The quantitative estimate of drug-likeness (QED) is 0.614. The highest BCUT2D eigenvalue weighted by Crippen LogP contribution is 2.29. The van der Waals surface area contributed by atoms with Crippen LogP contribution in [-0.4, -0.2) is 18.1 Å². The summed E-state index contributed by atoms with van der Waals surface area (Å²) in [5, 5.41) is -0.610. The molecule has 0 aliphatic carbocycles. The van der Waals surface area contributed by atoms with Crippen molar-refractivity contribution < 1.29 is 22.7 Å². The maximum Gasteiger partial charge on any atom is 0.310 e. The van der Waals surface area contributed by atoms with Gasteiger partial charge in [0.25, 0.3) is 6.43 Å². The van der Waals surface area contributed by atoms with E-state index in [0.717, 1.165) is 13.3 Å². The first-order chi connectivity index (χ1) is 7.47. The lowest BCUT2D eigenvalue weighted by molar-refractivity contribution is -0.139. The van der Waals surface area contributed by atoms with Gasteiger partial charge in [-0.3, -0.25) is 4.79 Å². The summed E-state index contributed by atoms with van der Waals surface area (Å²) in [6, 6.07) is 0. The lowest BCUT2D eigenvalue weighted by Gasteiger charge is -2.07. The lowest BCUT2D eigenvalue weighted by Crippen LogP contribution is -2.09. The molecule has 1 heterocycles. The van der Waals surface area contributed by atoms with Gasteiger partial charge in [0.1, 0.15) is 11.0 Å². The molecule has 7 heteroatoms. The number of hydrogen-bond donors (Lipinski definition) is 0. The van der Waals surface area contributed by atoms with Crippen molar-refractivity contribution in [3.63, 3.8) is 0 Å². The fourth-order valence-electron chi connectivity index (χ4n) is 1.06. The number of carbonyl (C=O) groups is 1. The first-order valence-electron chi connectivity index (χ1n) is 4.15. The van der Waals surface area contributed by atoms with Crippen LogP contribution in [0, 0.1) is 5.82 Å². The van der Waals surface area contributed by atoms with E-state index in [2.05, 4.69) is 9.72 Å². The molecule has 0 fully saturated rings. The number of rotatable bonds is 3. The highest BCUT2D eigenvalue weighted by molar-refractivity contribution is 6.30. The monoisotopic (exact) mass is 253 g/mol. The molecule has 0 saturated heterocycles. The Morgan fingerprint density at radius 2 is 2.25 bits per heavy atom. The second kappa shape index (κ2) is 5.16. The number of methoxy groups -OCH3 is 1. The standard InChI is InChI=1S/C9H7ClF3NO2/c1-16-5(15)2-4-3-14-8(10)6(7(4)11)9(12)13/h3,9H,2H2,1H3. The third-order valence-corrected chi connectivity index (χ3v) is 2.16. The van der Waals surface area contributed by atoms with Gasteiger partial charge in [0.05, 0.1) is 19.1 Å². The lowest BCUT2D eigenvalue weighted by atomic mass is 10.1. The second-order valence-electron chi connectivity index (χ2n) is 2.86. The third-order valence-electron chi connectivity index (χ3n) is 1.86. The number of alkyl halides is 2. The van der Waals surface area contributed by atoms with Crippen molar-refractivity contribution >= 4 is 17.6 Å². The van der Waals surface area contributed by atoms with Gasteiger partial charge in [0.15, 0.2) is 0 Å². The largest absolute Gasteiger partial charge is 0.469 e. The highest BCUT2D eigenvalue weighted by atomic mass is 35.5. The van der Waals surface area contributed by atoms with Crippen molar-refractivity contribution in [1.82, 2.24) is 4.98 Å². The molecule has 16 heavy (non-hydrogen) atoms. The van der Waals surface area contributed by atoms with Gasteiger partial charge in [-0.05, 0) is 0 Å². The summed E-state index contributed by atoms with van der Waals surface area (Å²) in [4.78, 5) is 14.2. The molecular weight excluding hydrogens is 247 g/mol. The molecule has 0 N–H and O–H groups in total. The Labute approximate surface area is 94.2 Å². The van der Waals surface area contributed by atoms with Crippen LogP contribution in [-0.2, 0) is 16.0 Å². The van der Waals surface area contributed by atoms with Crippen molar-refractivity contribution in [1.29, 1.82) is 0 Å². The molecule has 0 atom stereocenters. The van der Waals surface area contributed by atoms with Gasteiger partial charge in [-0.1, -0.05) is 11.6 Å². The summed E-state index contributed by atoms with van der Waals surface area (Å²) < 4.78 is 42.6. The first-order valence-corrected chi connectivity index (χ1v) is 4.53. The fraction of sp³-hybridized carbons (Fsp3) is 0.333. The topological polar surface area (TPSA) is 39.2 Å². The predicted octanol–water partition coefficient (Wildman–Crippen LogP) is 2.53. The van der Waals surface area contributed by atoms with Gasteiger partial charge in [0, 0.05) is 11.8 Å². The maximum atomic E-state index is 13.5. The first kappa shape index (κ1) is 12.8. The number of aromatic nitrogens is 1. The summed E-state index contributed by atoms with van der Waals surface area (Å²) >= 11 is 5.32. The van der Waals surface area contributed by atoms with Gasteiger partial charge in [0.2, 0.25) is 0 Å². The molecule has 0 aliphatic rings. The summed E-state index contributed by atoms with van der Waals surface area (Å²) in [7, 11) is 1.11. The molecule has 1 rings (SSSR count). The van der Waals surface area contributed by atoms with Crippen LogP contribution in [0.3, 0.4) is 0 Å². The van der Waals surface area contributed by atoms with Gasteiger partial charge in [-0.25, -0.2) is 18.2 Å². The number of carbonyl (C=O) groups excluding carboxylic acids is 1. The van der Waals surface area contributed by atoms with Crippen LogP contribution in [0.25, 0.3) is 0 Å². The van der Waals surface area contributed by atoms with E-state index in [4.69, 9.17) is 11.6 Å². The summed E-state index contributed by atoms with van der Waals surface area (Å²) in [6.45, 7) is 0. The van der Waals surface area contributed by atoms with Crippen LogP contribution < -0.4 is 0 Å². The molecule has 0 radical (unpaired) electrons. The van der Waals surface area contributed by atoms with E-state index < -0.39 is 35.3 Å². The minimum Gasteiger partial charge on any atom is -0.469 e. The molecule has 0 spiro atoms. The second-order valence-corrected chi connectivity index (χ2v) is 3.21. The van der Waals surface area contributed by atoms with Gasteiger partial charge in [-0.2, -0.15) is 0 Å². The number of nitrogens with zero attached hydrogens (tertiary/aromatic N) is 1. The van der Waals surface area contributed by atoms with Crippen molar-refractivity contribution in [2.75, 3.05) is 7.11 Å². The predicted molar refractivity (Wildman–Crippen MR) is 49.9 cm³/mol. The third kappa shape index (κ3) is 2.63. The molecule has 0 aromatic carbocycles.